The summed E-state index contributed by atoms with van der Waals surface area (Å²) in [5, 5.41) is 12.7. The van der Waals surface area contributed by atoms with Crippen LogP contribution in [0.4, 0.5) is 0 Å². The number of amidine groups is 1. The number of halogens is 1. The van der Waals surface area contributed by atoms with Gasteiger partial charge >= 0.3 is 0 Å². The summed E-state index contributed by atoms with van der Waals surface area (Å²) in [6.07, 6.45) is 0. The molecular weight excluding hydrogens is 232 g/mol. The Morgan fingerprint density at radius 2 is 2.20 bits per heavy atom. The molecule has 0 heterocycles. The van der Waals surface area contributed by atoms with Crippen LogP contribution in [-0.2, 0) is 0 Å². The number of benzene rings is 1. The minimum absolute atomic E-state index is 0.106. The van der Waals surface area contributed by atoms with Gasteiger partial charge < -0.3 is 10.9 Å². The normalized spacial score (nSPS) is 12.1. The van der Waals surface area contributed by atoms with E-state index in [4.69, 9.17) is 22.5 Å². The van der Waals surface area contributed by atoms with Crippen molar-refractivity contribution in [3.05, 3.63) is 28.8 Å². The van der Waals surface area contributed by atoms with Gasteiger partial charge in [-0.3, -0.25) is 0 Å². The number of nitrogens with two attached hydrogens (primary N) is 1. The lowest BCUT2D eigenvalue weighted by Gasteiger charge is -2.10. The van der Waals surface area contributed by atoms with Crippen molar-refractivity contribution in [2.75, 3.05) is 0 Å². The number of nitrogens with zero attached hydrogens (tertiary/aromatic N) is 1. The molecule has 15 heavy (non-hydrogen) atoms. The maximum atomic E-state index is 8.64. The molecule has 0 unspecified atom stereocenters. The lowest BCUT2D eigenvalue weighted by Crippen LogP contribution is -2.14. The van der Waals surface area contributed by atoms with Crippen LogP contribution in [0.2, 0.25) is 5.02 Å². The lowest BCUT2D eigenvalue weighted by atomic mass is 10.2. The smallest absolute Gasteiger partial charge is 0.171 e. The Balaban J connectivity index is 3.14. The van der Waals surface area contributed by atoms with Crippen LogP contribution in [0.5, 0.6) is 0 Å². The summed E-state index contributed by atoms with van der Waals surface area (Å²) in [7, 11) is 0. The molecule has 0 aromatic heterocycles. The molecule has 0 amide bonds. The maximum Gasteiger partial charge on any atom is 0.171 e. The van der Waals surface area contributed by atoms with Crippen molar-refractivity contribution in [2.45, 2.75) is 24.0 Å². The van der Waals surface area contributed by atoms with E-state index in [0.29, 0.717) is 15.8 Å². The van der Waals surface area contributed by atoms with Gasteiger partial charge in [0.1, 0.15) is 0 Å². The largest absolute Gasteiger partial charge is 0.409 e. The standard InChI is InChI=1S/C10H13ClN2OS/c1-6(2)15-9-5-7(11)3-4-8(9)10(12)13-14/h3-6,14H,1-2H3,(H2,12,13). The number of oxime groups is 1. The molecular formula is C10H13ClN2OS. The Hall–Kier alpha value is -0.870. The highest BCUT2D eigenvalue weighted by Gasteiger charge is 2.09. The zero-order valence-electron chi connectivity index (χ0n) is 8.57. The monoisotopic (exact) mass is 244 g/mol. The highest BCUT2D eigenvalue weighted by Crippen LogP contribution is 2.29. The second-order valence-electron chi connectivity index (χ2n) is 3.29. The van der Waals surface area contributed by atoms with E-state index in [2.05, 4.69) is 19.0 Å². The lowest BCUT2D eigenvalue weighted by molar-refractivity contribution is 0.318. The molecule has 0 spiro atoms. The first kappa shape index (κ1) is 12.2. The average molecular weight is 245 g/mol. The van der Waals surface area contributed by atoms with E-state index < -0.39 is 0 Å². The van der Waals surface area contributed by atoms with Crippen LogP contribution >= 0.6 is 23.4 Å². The number of thioether (sulfide) groups is 1. The summed E-state index contributed by atoms with van der Waals surface area (Å²) in [5.41, 5.74) is 6.27. The van der Waals surface area contributed by atoms with Crippen LogP contribution in [0.15, 0.2) is 28.3 Å². The molecule has 0 aliphatic carbocycles. The Bertz CT molecular complexity index is 380. The summed E-state index contributed by atoms with van der Waals surface area (Å²) in [6, 6.07) is 5.29. The first-order valence-corrected chi connectivity index (χ1v) is 5.74. The predicted molar refractivity (Wildman–Crippen MR) is 65.0 cm³/mol. The van der Waals surface area contributed by atoms with E-state index in [-0.39, 0.29) is 5.84 Å². The van der Waals surface area contributed by atoms with Gasteiger partial charge in [-0.25, -0.2) is 0 Å². The Kier molecular flexibility index (Phi) is 4.29. The van der Waals surface area contributed by atoms with Crippen LogP contribution in [-0.4, -0.2) is 16.3 Å². The van der Waals surface area contributed by atoms with Gasteiger partial charge in [-0.05, 0) is 18.2 Å². The Morgan fingerprint density at radius 3 is 2.73 bits per heavy atom. The third-order valence-corrected chi connectivity index (χ3v) is 2.99. The van der Waals surface area contributed by atoms with Crippen LogP contribution in [0.1, 0.15) is 19.4 Å². The third-order valence-electron chi connectivity index (χ3n) is 1.69. The number of hydrogen-bond donors (Lipinski definition) is 2. The third kappa shape index (κ3) is 3.32. The van der Waals surface area contributed by atoms with Crippen molar-refractivity contribution in [3.63, 3.8) is 0 Å². The van der Waals surface area contributed by atoms with Gasteiger partial charge in [0.05, 0.1) is 0 Å². The molecule has 1 rings (SSSR count). The fourth-order valence-corrected chi connectivity index (χ4v) is 2.35. The molecule has 3 N–H and O–H groups in total. The van der Waals surface area contributed by atoms with Crippen LogP contribution < -0.4 is 5.73 Å². The highest BCUT2D eigenvalue weighted by molar-refractivity contribution is 8.00. The van der Waals surface area contributed by atoms with E-state index in [1.165, 1.54) is 0 Å². The summed E-state index contributed by atoms with van der Waals surface area (Å²) in [6.45, 7) is 4.14. The quantitative estimate of drug-likeness (QED) is 0.283. The second-order valence-corrected chi connectivity index (χ2v) is 5.35. The molecule has 0 aliphatic heterocycles. The van der Waals surface area contributed by atoms with E-state index in [1.54, 1.807) is 23.9 Å². The van der Waals surface area contributed by atoms with E-state index >= 15 is 0 Å². The molecule has 1 aromatic rings. The van der Waals surface area contributed by atoms with Crippen LogP contribution in [0, 0.1) is 0 Å². The molecule has 1 aromatic carbocycles. The van der Waals surface area contributed by atoms with Gasteiger partial charge in [0, 0.05) is 20.7 Å². The number of rotatable bonds is 3. The van der Waals surface area contributed by atoms with Crippen molar-refractivity contribution < 1.29 is 5.21 Å². The van der Waals surface area contributed by atoms with Crippen molar-refractivity contribution in [2.24, 2.45) is 10.9 Å². The minimum Gasteiger partial charge on any atom is -0.409 e. The molecule has 0 saturated heterocycles. The first-order valence-electron chi connectivity index (χ1n) is 4.48. The highest BCUT2D eigenvalue weighted by atomic mass is 35.5. The molecule has 0 fully saturated rings. The Labute approximate surface area is 98.3 Å². The van der Waals surface area contributed by atoms with Gasteiger partial charge in [0.15, 0.2) is 5.84 Å². The molecule has 0 atom stereocenters. The molecule has 5 heteroatoms. The zero-order valence-corrected chi connectivity index (χ0v) is 10.1. The average Bonchev–Trinajstić information content (AvgIpc) is 2.16. The molecule has 82 valence electrons. The summed E-state index contributed by atoms with van der Waals surface area (Å²) in [4.78, 5) is 0.924. The Morgan fingerprint density at radius 1 is 1.53 bits per heavy atom. The van der Waals surface area contributed by atoms with Crippen LogP contribution in [0.3, 0.4) is 0 Å². The van der Waals surface area contributed by atoms with Crippen molar-refractivity contribution in [1.29, 1.82) is 0 Å². The summed E-state index contributed by atoms with van der Waals surface area (Å²) >= 11 is 7.52. The van der Waals surface area contributed by atoms with Gasteiger partial charge in [-0.2, -0.15) is 0 Å². The fraction of sp³-hybridized carbons (Fsp3) is 0.300. The van der Waals surface area contributed by atoms with Gasteiger partial charge in [0.2, 0.25) is 0 Å². The second kappa shape index (κ2) is 5.28. The molecule has 0 bridgehead atoms. The zero-order chi connectivity index (χ0) is 11.4. The van der Waals surface area contributed by atoms with E-state index in [9.17, 15) is 0 Å². The minimum atomic E-state index is 0.106. The van der Waals surface area contributed by atoms with Crippen LogP contribution in [0.25, 0.3) is 0 Å². The maximum absolute atomic E-state index is 8.64. The first-order chi connectivity index (χ1) is 7.04. The van der Waals surface area contributed by atoms with Gasteiger partial charge in [0.25, 0.3) is 0 Å². The fourth-order valence-electron chi connectivity index (χ4n) is 1.11. The molecule has 3 nitrogen and oxygen atoms in total. The van der Waals surface area contributed by atoms with Crippen molar-refractivity contribution in [1.82, 2.24) is 0 Å². The SMILES string of the molecule is CC(C)Sc1cc(Cl)ccc1C(N)=NO. The summed E-state index contributed by atoms with van der Waals surface area (Å²) in [5.74, 6) is 0.106. The van der Waals surface area contributed by atoms with E-state index in [0.717, 1.165) is 4.90 Å². The molecule has 0 aliphatic rings. The topological polar surface area (TPSA) is 58.6 Å². The van der Waals surface area contributed by atoms with Gasteiger partial charge in [-0.1, -0.05) is 30.6 Å². The van der Waals surface area contributed by atoms with Crippen molar-refractivity contribution >= 4 is 29.2 Å². The molecule has 0 radical (unpaired) electrons. The molecule has 0 saturated carbocycles. The van der Waals surface area contributed by atoms with Crippen molar-refractivity contribution in [3.8, 4) is 0 Å². The van der Waals surface area contributed by atoms with E-state index in [1.807, 2.05) is 6.07 Å². The van der Waals surface area contributed by atoms with Gasteiger partial charge in [-0.15, -0.1) is 11.8 Å². The summed E-state index contributed by atoms with van der Waals surface area (Å²) < 4.78 is 0. The number of hydrogen-bond acceptors (Lipinski definition) is 3. The predicted octanol–water partition coefficient (Wildman–Crippen LogP) is 2.94.